The van der Waals surface area contributed by atoms with Crippen LogP contribution in [0.5, 0.6) is 0 Å². The molecule has 0 saturated carbocycles. The van der Waals surface area contributed by atoms with E-state index in [1.807, 2.05) is 57.2 Å². The topological polar surface area (TPSA) is 66.5 Å². The van der Waals surface area contributed by atoms with E-state index in [0.29, 0.717) is 17.3 Å². The summed E-state index contributed by atoms with van der Waals surface area (Å²) in [6.07, 6.45) is 1.53. The van der Waals surface area contributed by atoms with Crippen molar-refractivity contribution in [2.45, 2.75) is 38.5 Å². The van der Waals surface area contributed by atoms with Gasteiger partial charge in [0.2, 0.25) is 5.91 Å². The van der Waals surface area contributed by atoms with Gasteiger partial charge in [-0.3, -0.25) is 9.10 Å². The fourth-order valence-corrected chi connectivity index (χ4v) is 5.19. The van der Waals surface area contributed by atoms with Gasteiger partial charge >= 0.3 is 0 Å². The molecule has 0 bridgehead atoms. The molecule has 0 aromatic heterocycles. The molecule has 1 amide bonds. The van der Waals surface area contributed by atoms with Crippen LogP contribution in [0.25, 0.3) is 0 Å². The molecule has 33 heavy (non-hydrogen) atoms. The first kappa shape index (κ1) is 24.8. The van der Waals surface area contributed by atoms with Gasteiger partial charge < -0.3 is 5.32 Å². The Morgan fingerprint density at radius 2 is 1.55 bits per heavy atom. The van der Waals surface area contributed by atoms with E-state index in [1.54, 1.807) is 30.3 Å². The molecule has 3 rings (SSSR count). The highest BCUT2D eigenvalue weighted by Gasteiger charge is 2.28. The summed E-state index contributed by atoms with van der Waals surface area (Å²) >= 11 is 5.91. The van der Waals surface area contributed by atoms with Crippen LogP contribution in [0, 0.1) is 20.8 Å². The molecule has 1 N–H and O–H groups in total. The second kappa shape index (κ2) is 10.9. The van der Waals surface area contributed by atoms with Crippen molar-refractivity contribution in [1.29, 1.82) is 0 Å². The van der Waals surface area contributed by atoms with Crippen LogP contribution in [-0.4, -0.2) is 27.4 Å². The Balaban J connectivity index is 1.74. The van der Waals surface area contributed by atoms with Gasteiger partial charge in [0, 0.05) is 11.6 Å². The molecule has 3 aromatic carbocycles. The van der Waals surface area contributed by atoms with Crippen molar-refractivity contribution in [2.75, 3.05) is 17.4 Å². The number of benzene rings is 3. The zero-order valence-corrected chi connectivity index (χ0v) is 20.7. The molecule has 0 unspecified atom stereocenters. The van der Waals surface area contributed by atoms with Gasteiger partial charge in [-0.15, -0.1) is 0 Å². The number of aryl methyl sites for hydroxylation is 4. The van der Waals surface area contributed by atoms with E-state index in [0.717, 1.165) is 35.1 Å². The number of rotatable bonds is 9. The molecular formula is C26H29ClN2O3S. The number of sulfonamides is 1. The Morgan fingerprint density at radius 3 is 2.18 bits per heavy atom. The van der Waals surface area contributed by atoms with Crippen molar-refractivity contribution in [2.24, 2.45) is 0 Å². The number of hydrogen-bond donors (Lipinski definition) is 1. The minimum atomic E-state index is -3.92. The van der Waals surface area contributed by atoms with Crippen molar-refractivity contribution in [3.05, 3.63) is 94.0 Å². The molecule has 0 heterocycles. The standard InChI is InChI=1S/C26H29ClN2O3S/c1-19-6-13-24(14-7-19)33(31,32)29(25-15-8-20(2)17-21(25)3)18-26(30)28-16-4-5-22-9-11-23(27)12-10-22/h6-15,17H,4-5,16,18H2,1-3H3,(H,28,30). The average Bonchev–Trinajstić information content (AvgIpc) is 2.77. The summed E-state index contributed by atoms with van der Waals surface area (Å²) < 4.78 is 28.2. The smallest absolute Gasteiger partial charge is 0.264 e. The van der Waals surface area contributed by atoms with Crippen LogP contribution in [-0.2, 0) is 21.2 Å². The van der Waals surface area contributed by atoms with E-state index in [4.69, 9.17) is 11.6 Å². The molecule has 0 atom stereocenters. The molecule has 0 aliphatic carbocycles. The Kier molecular flexibility index (Phi) is 8.16. The summed E-state index contributed by atoms with van der Waals surface area (Å²) in [6, 6.07) is 19.8. The fourth-order valence-electron chi connectivity index (χ4n) is 3.58. The molecule has 0 aliphatic rings. The molecule has 5 nitrogen and oxygen atoms in total. The summed E-state index contributed by atoms with van der Waals surface area (Å²) in [7, 11) is -3.92. The lowest BCUT2D eigenvalue weighted by Gasteiger charge is -2.26. The largest absolute Gasteiger partial charge is 0.355 e. The Labute approximate surface area is 201 Å². The van der Waals surface area contributed by atoms with Crippen molar-refractivity contribution >= 4 is 33.2 Å². The van der Waals surface area contributed by atoms with Crippen LogP contribution in [0.2, 0.25) is 5.02 Å². The van der Waals surface area contributed by atoms with Crippen LogP contribution in [0.1, 0.15) is 28.7 Å². The second-order valence-corrected chi connectivity index (χ2v) is 10.5. The zero-order valence-electron chi connectivity index (χ0n) is 19.1. The molecule has 0 spiro atoms. The molecule has 0 radical (unpaired) electrons. The highest BCUT2D eigenvalue weighted by Crippen LogP contribution is 2.27. The van der Waals surface area contributed by atoms with Crippen LogP contribution in [0.3, 0.4) is 0 Å². The van der Waals surface area contributed by atoms with Crippen LogP contribution in [0.15, 0.2) is 71.6 Å². The fraction of sp³-hybridized carbons (Fsp3) is 0.269. The number of anilines is 1. The first-order chi connectivity index (χ1) is 15.7. The molecule has 7 heteroatoms. The van der Waals surface area contributed by atoms with Gasteiger partial charge in [0.05, 0.1) is 10.6 Å². The van der Waals surface area contributed by atoms with Crippen LogP contribution in [0.4, 0.5) is 5.69 Å². The minimum Gasteiger partial charge on any atom is -0.355 e. The normalized spacial score (nSPS) is 11.3. The van der Waals surface area contributed by atoms with Crippen LogP contribution >= 0.6 is 11.6 Å². The maximum absolute atomic E-state index is 13.5. The Hall–Kier alpha value is -2.83. The van der Waals surface area contributed by atoms with Crippen molar-refractivity contribution < 1.29 is 13.2 Å². The van der Waals surface area contributed by atoms with E-state index < -0.39 is 10.0 Å². The van der Waals surface area contributed by atoms with Gasteiger partial charge in [-0.2, -0.15) is 0 Å². The number of halogens is 1. The maximum atomic E-state index is 13.5. The highest BCUT2D eigenvalue weighted by molar-refractivity contribution is 7.92. The lowest BCUT2D eigenvalue weighted by atomic mass is 10.1. The summed E-state index contributed by atoms with van der Waals surface area (Å²) in [5.74, 6) is -0.346. The lowest BCUT2D eigenvalue weighted by molar-refractivity contribution is -0.119. The van der Waals surface area contributed by atoms with Gasteiger partial charge in [-0.1, -0.05) is 59.1 Å². The number of nitrogens with zero attached hydrogens (tertiary/aromatic N) is 1. The van der Waals surface area contributed by atoms with Gasteiger partial charge in [0.1, 0.15) is 6.54 Å². The van der Waals surface area contributed by atoms with Crippen molar-refractivity contribution in [1.82, 2.24) is 5.32 Å². The number of nitrogens with one attached hydrogen (secondary N) is 1. The minimum absolute atomic E-state index is 0.156. The number of carbonyl (C=O) groups is 1. The average molecular weight is 485 g/mol. The molecular weight excluding hydrogens is 456 g/mol. The zero-order chi connectivity index (χ0) is 24.0. The summed E-state index contributed by atoms with van der Waals surface area (Å²) in [6.45, 7) is 5.86. The molecule has 0 fully saturated rings. The molecule has 0 aliphatic heterocycles. The first-order valence-corrected chi connectivity index (χ1v) is 12.7. The third kappa shape index (κ3) is 6.59. The van der Waals surface area contributed by atoms with E-state index in [1.165, 1.54) is 4.31 Å². The molecule has 3 aromatic rings. The monoisotopic (exact) mass is 484 g/mol. The predicted octanol–water partition coefficient (Wildman–Crippen LogP) is 5.21. The van der Waals surface area contributed by atoms with Gasteiger partial charge in [0.25, 0.3) is 10.0 Å². The van der Waals surface area contributed by atoms with Gasteiger partial charge in [0.15, 0.2) is 0 Å². The van der Waals surface area contributed by atoms with Gasteiger partial charge in [-0.25, -0.2) is 8.42 Å². The maximum Gasteiger partial charge on any atom is 0.264 e. The summed E-state index contributed by atoms with van der Waals surface area (Å²) in [4.78, 5) is 12.9. The quantitative estimate of drug-likeness (QED) is 0.424. The molecule has 174 valence electrons. The third-order valence-electron chi connectivity index (χ3n) is 5.39. The van der Waals surface area contributed by atoms with E-state index in [9.17, 15) is 13.2 Å². The molecule has 0 saturated heterocycles. The highest BCUT2D eigenvalue weighted by atomic mass is 35.5. The third-order valence-corrected chi connectivity index (χ3v) is 7.42. The first-order valence-electron chi connectivity index (χ1n) is 10.8. The lowest BCUT2D eigenvalue weighted by Crippen LogP contribution is -2.41. The van der Waals surface area contributed by atoms with E-state index >= 15 is 0 Å². The summed E-state index contributed by atoms with van der Waals surface area (Å²) in [5, 5.41) is 3.55. The number of amides is 1. The second-order valence-electron chi connectivity index (χ2n) is 8.19. The van der Waals surface area contributed by atoms with E-state index in [-0.39, 0.29) is 17.3 Å². The Morgan fingerprint density at radius 1 is 0.909 bits per heavy atom. The number of hydrogen-bond acceptors (Lipinski definition) is 3. The van der Waals surface area contributed by atoms with Crippen molar-refractivity contribution in [3.63, 3.8) is 0 Å². The SMILES string of the molecule is Cc1ccc(S(=O)(=O)N(CC(=O)NCCCc2ccc(Cl)cc2)c2ccc(C)cc2C)cc1. The van der Waals surface area contributed by atoms with Crippen LogP contribution < -0.4 is 9.62 Å². The summed E-state index contributed by atoms with van der Waals surface area (Å²) in [5.41, 5.74) is 4.41. The van der Waals surface area contributed by atoms with Crippen molar-refractivity contribution in [3.8, 4) is 0 Å². The van der Waals surface area contributed by atoms with E-state index in [2.05, 4.69) is 5.32 Å². The predicted molar refractivity (Wildman–Crippen MR) is 134 cm³/mol. The van der Waals surface area contributed by atoms with Gasteiger partial charge in [-0.05, 0) is 75.1 Å². The Bertz CT molecular complexity index is 1210. The number of carbonyl (C=O) groups excluding carboxylic acids is 1.